The van der Waals surface area contributed by atoms with Crippen LogP contribution in [0.2, 0.25) is 0 Å². The van der Waals surface area contributed by atoms with E-state index < -0.39 is 10.0 Å². The topological polar surface area (TPSA) is 75.7 Å². The van der Waals surface area contributed by atoms with E-state index in [1.807, 2.05) is 39.0 Å². The molecule has 1 fully saturated rings. The minimum absolute atomic E-state index is 0.0323. The molecule has 3 rings (SSSR count). The fourth-order valence-corrected chi connectivity index (χ4v) is 5.73. The molecule has 1 heterocycles. The maximum atomic E-state index is 13.1. The van der Waals surface area contributed by atoms with Gasteiger partial charge in [0.15, 0.2) is 0 Å². The molecule has 2 aromatic carbocycles. The second kappa shape index (κ2) is 10.0. The van der Waals surface area contributed by atoms with E-state index in [9.17, 15) is 13.2 Å². The lowest BCUT2D eigenvalue weighted by molar-refractivity contribution is -0.120. The Bertz CT molecular complexity index is 1070. The molecule has 0 spiro atoms. The summed E-state index contributed by atoms with van der Waals surface area (Å²) in [6.07, 6.45) is 1.01. The first-order valence-corrected chi connectivity index (χ1v) is 12.7. The molecular formula is C25H34N2O4S. The smallest absolute Gasteiger partial charge is 0.243 e. The Labute approximate surface area is 192 Å². The first-order valence-electron chi connectivity index (χ1n) is 11.3. The van der Waals surface area contributed by atoms with Crippen LogP contribution in [0.5, 0.6) is 5.75 Å². The summed E-state index contributed by atoms with van der Waals surface area (Å²) in [5, 5.41) is 3.12. The number of hydrogen-bond acceptors (Lipinski definition) is 4. The molecule has 174 valence electrons. The van der Waals surface area contributed by atoms with Gasteiger partial charge in [-0.2, -0.15) is 4.31 Å². The number of para-hydroxylation sites is 1. The monoisotopic (exact) mass is 458 g/mol. The van der Waals surface area contributed by atoms with Crippen molar-refractivity contribution in [1.82, 2.24) is 4.31 Å². The Kier molecular flexibility index (Phi) is 7.62. The van der Waals surface area contributed by atoms with Gasteiger partial charge in [-0.25, -0.2) is 8.42 Å². The zero-order chi connectivity index (χ0) is 23.5. The van der Waals surface area contributed by atoms with E-state index in [4.69, 9.17) is 4.74 Å². The molecule has 1 aliphatic rings. The number of ether oxygens (including phenoxy) is 1. The molecule has 0 saturated carbocycles. The number of benzene rings is 2. The number of aryl methyl sites for hydroxylation is 2. The minimum Gasteiger partial charge on any atom is -0.494 e. The first-order chi connectivity index (χ1) is 15.1. The lowest BCUT2D eigenvalue weighted by Gasteiger charge is -2.31. The van der Waals surface area contributed by atoms with Gasteiger partial charge < -0.3 is 10.1 Å². The van der Waals surface area contributed by atoms with Crippen LogP contribution in [0.3, 0.4) is 0 Å². The van der Waals surface area contributed by atoms with Gasteiger partial charge in [-0.15, -0.1) is 0 Å². The van der Waals surface area contributed by atoms with Gasteiger partial charge in [0.25, 0.3) is 0 Å². The van der Waals surface area contributed by atoms with Crippen molar-refractivity contribution in [2.45, 2.75) is 58.3 Å². The van der Waals surface area contributed by atoms with Crippen LogP contribution in [0.4, 0.5) is 5.69 Å². The number of carbonyl (C=O) groups excluding carboxylic acids is 1. The van der Waals surface area contributed by atoms with Crippen LogP contribution in [0, 0.1) is 19.8 Å². The van der Waals surface area contributed by atoms with E-state index >= 15 is 0 Å². The summed E-state index contributed by atoms with van der Waals surface area (Å²) < 4.78 is 33.3. The number of carbonyl (C=O) groups is 1. The SMILES string of the molecule is CCOc1ccc(S(=O)(=O)N2CCC(C(=O)Nc3c(C)cccc3C(C)C)CC2)cc1C. The van der Waals surface area contributed by atoms with E-state index in [0.717, 1.165) is 22.4 Å². The Morgan fingerprint density at radius 1 is 1.12 bits per heavy atom. The number of amides is 1. The number of piperidine rings is 1. The lowest BCUT2D eigenvalue weighted by atomic mass is 9.95. The van der Waals surface area contributed by atoms with E-state index in [1.54, 1.807) is 18.2 Å². The van der Waals surface area contributed by atoms with Gasteiger partial charge in [-0.3, -0.25) is 4.79 Å². The molecule has 0 unspecified atom stereocenters. The molecule has 0 bridgehead atoms. The van der Waals surface area contributed by atoms with E-state index in [1.165, 1.54) is 4.31 Å². The molecule has 32 heavy (non-hydrogen) atoms. The normalized spacial score (nSPS) is 15.7. The van der Waals surface area contributed by atoms with Crippen molar-refractivity contribution in [2.24, 2.45) is 5.92 Å². The van der Waals surface area contributed by atoms with Gasteiger partial charge in [-0.05, 0) is 74.4 Å². The molecule has 1 saturated heterocycles. The molecule has 1 aliphatic heterocycles. The fraction of sp³-hybridized carbons (Fsp3) is 0.480. The Morgan fingerprint density at radius 3 is 2.41 bits per heavy atom. The highest BCUT2D eigenvalue weighted by Gasteiger charge is 2.32. The average Bonchev–Trinajstić information content (AvgIpc) is 2.76. The van der Waals surface area contributed by atoms with Gasteiger partial charge >= 0.3 is 0 Å². The number of hydrogen-bond donors (Lipinski definition) is 1. The number of nitrogens with one attached hydrogen (secondary N) is 1. The van der Waals surface area contributed by atoms with Crippen molar-refractivity contribution in [1.29, 1.82) is 0 Å². The third-order valence-corrected chi connectivity index (χ3v) is 7.98. The number of nitrogens with zero attached hydrogens (tertiary/aromatic N) is 1. The molecule has 7 heteroatoms. The highest BCUT2D eigenvalue weighted by Crippen LogP contribution is 2.30. The third-order valence-electron chi connectivity index (χ3n) is 6.08. The van der Waals surface area contributed by atoms with Crippen LogP contribution < -0.4 is 10.1 Å². The Balaban J connectivity index is 1.67. The van der Waals surface area contributed by atoms with Gasteiger partial charge in [0.1, 0.15) is 5.75 Å². The van der Waals surface area contributed by atoms with E-state index in [-0.39, 0.29) is 16.7 Å². The highest BCUT2D eigenvalue weighted by molar-refractivity contribution is 7.89. The van der Waals surface area contributed by atoms with Crippen molar-refractivity contribution >= 4 is 21.6 Å². The van der Waals surface area contributed by atoms with Crippen LogP contribution in [-0.4, -0.2) is 38.3 Å². The van der Waals surface area contributed by atoms with E-state index in [2.05, 4.69) is 19.2 Å². The summed E-state index contributed by atoms with van der Waals surface area (Å²) in [6, 6.07) is 11.0. The Hall–Kier alpha value is -2.38. The molecular weight excluding hydrogens is 424 g/mol. The van der Waals surface area contributed by atoms with Crippen molar-refractivity contribution in [2.75, 3.05) is 25.0 Å². The maximum absolute atomic E-state index is 13.1. The summed E-state index contributed by atoms with van der Waals surface area (Å²) in [6.45, 7) is 11.1. The summed E-state index contributed by atoms with van der Waals surface area (Å²) in [5.41, 5.74) is 3.83. The summed E-state index contributed by atoms with van der Waals surface area (Å²) >= 11 is 0. The van der Waals surface area contributed by atoms with Crippen LogP contribution >= 0.6 is 0 Å². The van der Waals surface area contributed by atoms with Crippen molar-refractivity contribution in [3.05, 3.63) is 53.1 Å². The van der Waals surface area contributed by atoms with Gasteiger partial charge in [-0.1, -0.05) is 32.0 Å². The first kappa shape index (κ1) is 24.3. The van der Waals surface area contributed by atoms with Crippen LogP contribution in [0.15, 0.2) is 41.3 Å². The van der Waals surface area contributed by atoms with Crippen molar-refractivity contribution in [3.8, 4) is 5.75 Å². The molecule has 1 amide bonds. The number of anilines is 1. The number of sulfonamides is 1. The van der Waals surface area contributed by atoms with Crippen molar-refractivity contribution < 1.29 is 17.9 Å². The summed E-state index contributed by atoms with van der Waals surface area (Å²) in [4.78, 5) is 13.2. The van der Waals surface area contributed by atoms with Gasteiger partial charge in [0, 0.05) is 24.7 Å². The quantitative estimate of drug-likeness (QED) is 0.643. The fourth-order valence-electron chi connectivity index (χ4n) is 4.17. The number of rotatable bonds is 7. The summed E-state index contributed by atoms with van der Waals surface area (Å²) in [5.74, 6) is 0.756. The second-order valence-corrected chi connectivity index (χ2v) is 10.7. The lowest BCUT2D eigenvalue weighted by Crippen LogP contribution is -2.41. The third kappa shape index (κ3) is 5.15. The second-order valence-electron chi connectivity index (χ2n) is 8.72. The predicted molar refractivity (Wildman–Crippen MR) is 128 cm³/mol. The standard InChI is InChI=1S/C25H34N2O4S/c1-6-31-23-11-10-21(16-19(23)5)32(29,30)27-14-12-20(13-15-27)25(28)26-24-18(4)8-7-9-22(24)17(2)3/h7-11,16-17,20H,6,12-15H2,1-5H3,(H,26,28). The van der Waals surface area contributed by atoms with Crippen molar-refractivity contribution in [3.63, 3.8) is 0 Å². The largest absolute Gasteiger partial charge is 0.494 e. The molecule has 0 aromatic heterocycles. The Morgan fingerprint density at radius 2 is 1.81 bits per heavy atom. The minimum atomic E-state index is -3.60. The molecule has 0 atom stereocenters. The summed E-state index contributed by atoms with van der Waals surface area (Å²) in [7, 11) is -3.60. The van der Waals surface area contributed by atoms with Crippen LogP contribution in [0.25, 0.3) is 0 Å². The van der Waals surface area contributed by atoms with Crippen LogP contribution in [0.1, 0.15) is 56.2 Å². The zero-order valence-electron chi connectivity index (χ0n) is 19.6. The highest BCUT2D eigenvalue weighted by atomic mass is 32.2. The van der Waals surface area contributed by atoms with E-state index in [0.29, 0.717) is 44.2 Å². The molecule has 0 aliphatic carbocycles. The maximum Gasteiger partial charge on any atom is 0.243 e. The molecule has 1 N–H and O–H groups in total. The zero-order valence-corrected chi connectivity index (χ0v) is 20.5. The molecule has 0 radical (unpaired) electrons. The predicted octanol–water partition coefficient (Wildman–Crippen LogP) is 4.86. The molecule has 2 aromatic rings. The van der Waals surface area contributed by atoms with Gasteiger partial charge in [0.2, 0.25) is 15.9 Å². The van der Waals surface area contributed by atoms with Gasteiger partial charge in [0.05, 0.1) is 11.5 Å². The van der Waals surface area contributed by atoms with Crippen LogP contribution in [-0.2, 0) is 14.8 Å². The average molecular weight is 459 g/mol. The molecule has 6 nitrogen and oxygen atoms in total.